The Hall–Kier alpha value is 0.202. The van der Waals surface area contributed by atoms with Gasteiger partial charge in [0.2, 0.25) is 0 Å². The van der Waals surface area contributed by atoms with Crippen molar-refractivity contribution in [1.29, 1.82) is 0 Å². The van der Waals surface area contributed by atoms with E-state index in [0.29, 0.717) is 0 Å². The van der Waals surface area contributed by atoms with Gasteiger partial charge in [0, 0.05) is 20.4 Å². The zero-order chi connectivity index (χ0) is 5.54. The van der Waals surface area contributed by atoms with E-state index in [1.807, 2.05) is 0 Å². The van der Waals surface area contributed by atoms with Crippen LogP contribution in [0.2, 0.25) is 0 Å². The molecule has 0 aromatic heterocycles. The number of unbranched alkanes of at least 4 members (excludes halogenated alkanes) is 1. The Morgan fingerprint density at radius 1 is 1.62 bits per heavy atom. The summed E-state index contributed by atoms with van der Waals surface area (Å²) in [5, 5.41) is 0. The average Bonchev–Trinajstić information content (AvgIpc) is 1.69. The first-order valence-electron chi connectivity index (χ1n) is 2.64. The van der Waals surface area contributed by atoms with E-state index in [0.717, 1.165) is 13.0 Å². The van der Waals surface area contributed by atoms with Gasteiger partial charge in [-0.3, -0.25) is 0 Å². The smallest absolute Gasteiger partial charge is 0.0872 e. The predicted octanol–water partition coefficient (Wildman–Crippen LogP) is 1.94. The van der Waals surface area contributed by atoms with Crippen LogP contribution in [0.25, 0.3) is 0 Å². The van der Waals surface area contributed by atoms with Crippen molar-refractivity contribution in [2.75, 3.05) is 6.61 Å². The third-order valence-corrected chi connectivity index (χ3v) is 0.734. The third kappa shape index (κ3) is 9.51. The summed E-state index contributed by atoms with van der Waals surface area (Å²) in [6.07, 6.45) is 3.80. The first-order chi connectivity index (χ1) is 3.41. The van der Waals surface area contributed by atoms with E-state index in [1.165, 1.54) is 12.7 Å². The molecule has 0 spiro atoms. The fraction of sp³-hybridized carbons (Fsp3) is 0.667. The zero-order valence-electron chi connectivity index (χ0n) is 5.13. The van der Waals surface area contributed by atoms with Crippen molar-refractivity contribution in [3.63, 3.8) is 0 Å². The Morgan fingerprint density at radius 2 is 2.25 bits per heavy atom. The van der Waals surface area contributed by atoms with Gasteiger partial charge in [0.25, 0.3) is 0 Å². The van der Waals surface area contributed by atoms with Gasteiger partial charge in [0.05, 0.1) is 12.9 Å². The molecule has 0 rings (SSSR count). The van der Waals surface area contributed by atoms with E-state index >= 15 is 0 Å². The molecule has 0 unspecified atom stereocenters. The summed E-state index contributed by atoms with van der Waals surface area (Å²) < 4.78 is 4.84. The maximum atomic E-state index is 4.84. The van der Waals surface area contributed by atoms with E-state index in [-0.39, 0.29) is 20.4 Å². The van der Waals surface area contributed by atoms with Gasteiger partial charge in [-0.1, -0.05) is 19.9 Å². The molecule has 0 aromatic rings. The fourth-order valence-corrected chi connectivity index (χ4v) is 0.311. The molecule has 0 amide bonds. The molecule has 0 saturated heterocycles. The van der Waals surface area contributed by atoms with Gasteiger partial charge >= 0.3 is 0 Å². The number of ether oxygens (including phenoxy) is 1. The summed E-state index contributed by atoms with van der Waals surface area (Å²) in [5.74, 6) is 0. The van der Waals surface area contributed by atoms with Gasteiger partial charge in [0.15, 0.2) is 0 Å². The van der Waals surface area contributed by atoms with Crippen molar-refractivity contribution in [3.8, 4) is 0 Å². The standard InChI is InChI=1S/C6H12O.Pd/c1-3-5-6-7-4-2;/h4H,2-3,5-6H2,1H3;. The van der Waals surface area contributed by atoms with Crippen molar-refractivity contribution in [2.24, 2.45) is 0 Å². The van der Waals surface area contributed by atoms with E-state index in [1.54, 1.807) is 0 Å². The molecule has 0 aliphatic heterocycles. The van der Waals surface area contributed by atoms with E-state index in [2.05, 4.69) is 13.5 Å². The van der Waals surface area contributed by atoms with Crippen LogP contribution in [0.4, 0.5) is 0 Å². The topological polar surface area (TPSA) is 9.23 Å². The van der Waals surface area contributed by atoms with Crippen molar-refractivity contribution in [3.05, 3.63) is 12.8 Å². The van der Waals surface area contributed by atoms with Crippen LogP contribution in [0.3, 0.4) is 0 Å². The molecular weight excluding hydrogens is 194 g/mol. The summed E-state index contributed by atoms with van der Waals surface area (Å²) in [5.41, 5.74) is 0. The minimum atomic E-state index is 0. The van der Waals surface area contributed by atoms with Crippen molar-refractivity contribution in [1.82, 2.24) is 0 Å². The van der Waals surface area contributed by atoms with Gasteiger partial charge in [-0.05, 0) is 6.42 Å². The van der Waals surface area contributed by atoms with E-state index < -0.39 is 0 Å². The molecular formula is C6H12OPd. The van der Waals surface area contributed by atoms with Crippen LogP contribution in [0.5, 0.6) is 0 Å². The molecule has 0 saturated carbocycles. The first kappa shape index (κ1) is 11.1. The average molecular weight is 207 g/mol. The Labute approximate surface area is 64.8 Å². The van der Waals surface area contributed by atoms with Crippen LogP contribution in [-0.2, 0) is 25.2 Å². The van der Waals surface area contributed by atoms with Crippen molar-refractivity contribution < 1.29 is 25.2 Å². The summed E-state index contributed by atoms with van der Waals surface area (Å²) >= 11 is 0. The molecule has 0 aliphatic rings. The molecule has 2 heteroatoms. The van der Waals surface area contributed by atoms with Crippen LogP contribution >= 0.6 is 0 Å². The number of rotatable bonds is 4. The Morgan fingerprint density at radius 3 is 2.62 bits per heavy atom. The molecule has 0 aromatic carbocycles. The maximum Gasteiger partial charge on any atom is 0.0872 e. The molecule has 0 fully saturated rings. The molecule has 0 aliphatic carbocycles. The van der Waals surface area contributed by atoms with Crippen LogP contribution in [0, 0.1) is 0 Å². The maximum absolute atomic E-state index is 4.84. The van der Waals surface area contributed by atoms with E-state index in [9.17, 15) is 0 Å². The van der Waals surface area contributed by atoms with Gasteiger partial charge in [-0.25, -0.2) is 0 Å². The summed E-state index contributed by atoms with van der Waals surface area (Å²) in [6.45, 7) is 6.36. The van der Waals surface area contributed by atoms with Gasteiger partial charge in [0.1, 0.15) is 0 Å². The Balaban J connectivity index is 0. The molecule has 0 radical (unpaired) electrons. The van der Waals surface area contributed by atoms with Crippen LogP contribution in [-0.4, -0.2) is 6.61 Å². The second-order valence-electron chi connectivity index (χ2n) is 1.39. The third-order valence-electron chi connectivity index (χ3n) is 0.734. The monoisotopic (exact) mass is 206 g/mol. The quantitative estimate of drug-likeness (QED) is 0.388. The molecule has 0 N–H and O–H groups in total. The van der Waals surface area contributed by atoms with E-state index in [4.69, 9.17) is 4.74 Å². The molecule has 0 heterocycles. The normalized spacial score (nSPS) is 7.12. The molecule has 0 atom stereocenters. The fourth-order valence-electron chi connectivity index (χ4n) is 0.311. The largest absolute Gasteiger partial charge is 0.502 e. The summed E-state index contributed by atoms with van der Waals surface area (Å²) in [7, 11) is 0. The van der Waals surface area contributed by atoms with Crippen LogP contribution in [0.1, 0.15) is 19.8 Å². The number of hydrogen-bond acceptors (Lipinski definition) is 1. The first-order valence-corrected chi connectivity index (χ1v) is 2.64. The minimum absolute atomic E-state index is 0. The van der Waals surface area contributed by atoms with Crippen LogP contribution in [0.15, 0.2) is 12.8 Å². The van der Waals surface area contributed by atoms with Crippen molar-refractivity contribution >= 4 is 0 Å². The molecule has 1 nitrogen and oxygen atoms in total. The SMILES string of the molecule is C=COCCCC.[Pd]. The Bertz CT molecular complexity index is 45.8. The second kappa shape index (κ2) is 10.2. The van der Waals surface area contributed by atoms with Gasteiger partial charge in [-0.15, -0.1) is 0 Å². The predicted molar refractivity (Wildman–Crippen MR) is 31.1 cm³/mol. The van der Waals surface area contributed by atoms with Gasteiger partial charge in [-0.2, -0.15) is 0 Å². The second-order valence-corrected chi connectivity index (χ2v) is 1.39. The van der Waals surface area contributed by atoms with Crippen LogP contribution < -0.4 is 0 Å². The summed E-state index contributed by atoms with van der Waals surface area (Å²) in [4.78, 5) is 0. The molecule has 8 heavy (non-hydrogen) atoms. The molecule has 52 valence electrons. The van der Waals surface area contributed by atoms with Gasteiger partial charge < -0.3 is 4.74 Å². The Kier molecular flexibility index (Phi) is 14.2. The number of hydrogen-bond donors (Lipinski definition) is 0. The molecule has 0 bridgehead atoms. The zero-order valence-corrected chi connectivity index (χ0v) is 6.68. The van der Waals surface area contributed by atoms with Crippen molar-refractivity contribution in [2.45, 2.75) is 19.8 Å². The summed E-state index contributed by atoms with van der Waals surface area (Å²) in [6, 6.07) is 0. The minimum Gasteiger partial charge on any atom is -0.502 e.